The number of aromatic nitrogens is 1. The molecule has 0 radical (unpaired) electrons. The van der Waals surface area contributed by atoms with Crippen molar-refractivity contribution in [1.82, 2.24) is 4.98 Å². The minimum Gasteiger partial charge on any atom is -0.355 e. The van der Waals surface area contributed by atoms with Gasteiger partial charge in [-0.3, -0.25) is 4.79 Å². The summed E-state index contributed by atoms with van der Waals surface area (Å²) in [5.74, 6) is 0.0799. The largest absolute Gasteiger partial charge is 0.355 e. The molecule has 0 fully saturated rings. The lowest BCUT2D eigenvalue weighted by atomic mass is 10.2. The van der Waals surface area contributed by atoms with Gasteiger partial charge in [0.25, 0.3) is 0 Å². The molecule has 0 saturated heterocycles. The monoisotopic (exact) mass is 215 g/mol. The van der Waals surface area contributed by atoms with Crippen LogP contribution in [0.5, 0.6) is 0 Å². The molecule has 1 aromatic rings. The molecule has 1 heterocycles. The second-order valence-corrected chi connectivity index (χ2v) is 3.41. The van der Waals surface area contributed by atoms with E-state index in [1.807, 2.05) is 13.8 Å². The zero-order valence-corrected chi connectivity index (χ0v) is 8.37. The van der Waals surface area contributed by atoms with E-state index in [1.165, 1.54) is 0 Å². The molecule has 2 nitrogen and oxygen atoms in total. The lowest BCUT2D eigenvalue weighted by molar-refractivity contribution is 0.101. The van der Waals surface area contributed by atoms with Crippen LogP contribution in [0.2, 0.25) is 0 Å². The average Bonchev–Trinajstić information content (AvgIpc) is 2.17. The van der Waals surface area contributed by atoms with Crippen molar-refractivity contribution in [3.63, 3.8) is 0 Å². The van der Waals surface area contributed by atoms with Crippen molar-refractivity contribution in [3.05, 3.63) is 21.4 Å². The van der Waals surface area contributed by atoms with E-state index >= 15 is 0 Å². The van der Waals surface area contributed by atoms with Gasteiger partial charge in [-0.05, 0) is 35.3 Å². The van der Waals surface area contributed by atoms with Crippen molar-refractivity contribution < 1.29 is 4.79 Å². The number of carbonyl (C=O) groups is 1. The van der Waals surface area contributed by atoms with E-state index in [2.05, 4.69) is 20.9 Å². The fourth-order valence-electron chi connectivity index (χ4n) is 1.08. The summed E-state index contributed by atoms with van der Waals surface area (Å²) in [6.45, 7) is 5.42. The molecule has 1 aromatic heterocycles. The molecule has 1 rings (SSSR count). The Morgan fingerprint density at radius 1 is 1.45 bits per heavy atom. The summed E-state index contributed by atoms with van der Waals surface area (Å²) in [6.07, 6.45) is 0. The van der Waals surface area contributed by atoms with Crippen LogP contribution in [-0.4, -0.2) is 10.8 Å². The van der Waals surface area contributed by atoms with E-state index in [-0.39, 0.29) is 5.78 Å². The maximum Gasteiger partial charge on any atom is 0.176 e. The van der Waals surface area contributed by atoms with Gasteiger partial charge in [0.1, 0.15) is 0 Å². The number of hydrogen-bond acceptors (Lipinski definition) is 1. The predicted molar refractivity (Wildman–Crippen MR) is 48.0 cm³/mol. The summed E-state index contributed by atoms with van der Waals surface area (Å²) in [5, 5.41) is 0. The van der Waals surface area contributed by atoms with Crippen molar-refractivity contribution in [2.45, 2.75) is 20.8 Å². The lowest BCUT2D eigenvalue weighted by Gasteiger charge is -1.90. The van der Waals surface area contributed by atoms with Gasteiger partial charge in [-0.2, -0.15) is 0 Å². The summed E-state index contributed by atoms with van der Waals surface area (Å²) < 4.78 is 1.00. The van der Waals surface area contributed by atoms with Crippen LogP contribution in [0.15, 0.2) is 4.47 Å². The standard InChI is InChI=1S/C8H10BrNO/c1-4-7(9)5(2)10-8(4)6(3)11/h10H,1-3H3. The number of halogens is 1. The smallest absolute Gasteiger partial charge is 0.176 e. The lowest BCUT2D eigenvalue weighted by Crippen LogP contribution is -1.94. The van der Waals surface area contributed by atoms with E-state index < -0.39 is 0 Å². The van der Waals surface area contributed by atoms with Gasteiger partial charge < -0.3 is 4.98 Å². The molecule has 0 atom stereocenters. The van der Waals surface area contributed by atoms with Gasteiger partial charge in [0.15, 0.2) is 5.78 Å². The first kappa shape index (κ1) is 8.53. The second kappa shape index (κ2) is 2.81. The Bertz CT molecular complexity index is 301. The molecule has 0 unspecified atom stereocenters. The van der Waals surface area contributed by atoms with E-state index in [9.17, 15) is 4.79 Å². The molecule has 1 N–H and O–H groups in total. The first-order valence-electron chi connectivity index (χ1n) is 3.39. The maximum absolute atomic E-state index is 11.0. The Kier molecular flexibility index (Phi) is 2.18. The highest BCUT2D eigenvalue weighted by Gasteiger charge is 2.11. The second-order valence-electron chi connectivity index (χ2n) is 2.62. The third kappa shape index (κ3) is 1.38. The highest BCUT2D eigenvalue weighted by Crippen LogP contribution is 2.23. The molecule has 0 amide bonds. The summed E-state index contributed by atoms with van der Waals surface area (Å²) in [6, 6.07) is 0. The molecule has 0 spiro atoms. The number of rotatable bonds is 1. The average molecular weight is 216 g/mol. The molecule has 11 heavy (non-hydrogen) atoms. The Hall–Kier alpha value is -0.570. The highest BCUT2D eigenvalue weighted by molar-refractivity contribution is 9.10. The van der Waals surface area contributed by atoms with E-state index in [0.29, 0.717) is 5.69 Å². The van der Waals surface area contributed by atoms with Gasteiger partial charge in [-0.15, -0.1) is 0 Å². The number of carbonyl (C=O) groups excluding carboxylic acids is 1. The number of ketones is 1. The van der Waals surface area contributed by atoms with E-state index in [4.69, 9.17) is 0 Å². The number of nitrogens with one attached hydrogen (secondary N) is 1. The van der Waals surface area contributed by atoms with Gasteiger partial charge in [0, 0.05) is 17.1 Å². The van der Waals surface area contributed by atoms with Crippen molar-refractivity contribution in [2.75, 3.05) is 0 Å². The third-order valence-electron chi connectivity index (χ3n) is 1.70. The van der Waals surface area contributed by atoms with Crippen LogP contribution in [0, 0.1) is 13.8 Å². The number of Topliss-reactive ketones (excluding diaryl/α,β-unsaturated/α-hetero) is 1. The summed E-state index contributed by atoms with van der Waals surface area (Å²) in [4.78, 5) is 14.0. The van der Waals surface area contributed by atoms with Crippen LogP contribution in [0.1, 0.15) is 28.7 Å². The molecule has 3 heteroatoms. The first-order chi connectivity index (χ1) is 5.04. The fraction of sp³-hybridized carbons (Fsp3) is 0.375. The molecule has 0 bridgehead atoms. The quantitative estimate of drug-likeness (QED) is 0.719. The van der Waals surface area contributed by atoms with Gasteiger partial charge in [0.2, 0.25) is 0 Å². The summed E-state index contributed by atoms with van der Waals surface area (Å²) in [7, 11) is 0. The molecule has 0 aliphatic rings. The molecule has 0 aromatic carbocycles. The Morgan fingerprint density at radius 2 is 2.00 bits per heavy atom. The van der Waals surface area contributed by atoms with Crippen LogP contribution < -0.4 is 0 Å². The molecule has 0 aliphatic heterocycles. The third-order valence-corrected chi connectivity index (χ3v) is 2.89. The van der Waals surface area contributed by atoms with Crippen molar-refractivity contribution >= 4 is 21.7 Å². The van der Waals surface area contributed by atoms with Crippen LogP contribution >= 0.6 is 15.9 Å². The minimum atomic E-state index is 0.0799. The van der Waals surface area contributed by atoms with Crippen LogP contribution in [0.25, 0.3) is 0 Å². The fourth-order valence-corrected chi connectivity index (χ4v) is 1.38. The van der Waals surface area contributed by atoms with Crippen LogP contribution in [0.3, 0.4) is 0 Å². The topological polar surface area (TPSA) is 32.9 Å². The van der Waals surface area contributed by atoms with Gasteiger partial charge in [-0.25, -0.2) is 0 Å². The predicted octanol–water partition coefficient (Wildman–Crippen LogP) is 2.60. The Labute approximate surface area is 74.1 Å². The Balaban J connectivity index is 3.29. The molecule has 0 aliphatic carbocycles. The minimum absolute atomic E-state index is 0.0799. The zero-order valence-electron chi connectivity index (χ0n) is 6.79. The number of aryl methyl sites for hydroxylation is 1. The van der Waals surface area contributed by atoms with Gasteiger partial charge >= 0.3 is 0 Å². The van der Waals surface area contributed by atoms with Crippen molar-refractivity contribution in [2.24, 2.45) is 0 Å². The molecular formula is C8H10BrNO. The summed E-state index contributed by atoms with van der Waals surface area (Å²) in [5.41, 5.74) is 2.71. The number of aromatic amines is 1. The molecular weight excluding hydrogens is 206 g/mol. The summed E-state index contributed by atoms with van der Waals surface area (Å²) >= 11 is 3.38. The van der Waals surface area contributed by atoms with Gasteiger partial charge in [0.05, 0.1) is 5.69 Å². The van der Waals surface area contributed by atoms with Crippen LogP contribution in [0.4, 0.5) is 0 Å². The van der Waals surface area contributed by atoms with E-state index in [1.54, 1.807) is 6.92 Å². The van der Waals surface area contributed by atoms with Gasteiger partial charge in [-0.1, -0.05) is 0 Å². The van der Waals surface area contributed by atoms with Crippen LogP contribution in [-0.2, 0) is 0 Å². The highest BCUT2D eigenvalue weighted by atomic mass is 79.9. The Morgan fingerprint density at radius 3 is 2.18 bits per heavy atom. The SMILES string of the molecule is CC(=O)c1[nH]c(C)c(Br)c1C. The zero-order chi connectivity index (χ0) is 8.59. The van der Waals surface area contributed by atoms with Crippen molar-refractivity contribution in [1.29, 1.82) is 0 Å². The first-order valence-corrected chi connectivity index (χ1v) is 4.19. The normalized spacial score (nSPS) is 10.2. The van der Waals surface area contributed by atoms with Crippen molar-refractivity contribution in [3.8, 4) is 0 Å². The molecule has 0 saturated carbocycles. The molecule has 60 valence electrons. The number of hydrogen-bond donors (Lipinski definition) is 1. The van der Waals surface area contributed by atoms with E-state index in [0.717, 1.165) is 15.7 Å². The maximum atomic E-state index is 11.0. The number of H-pyrrole nitrogens is 1.